The monoisotopic (exact) mass is 278 g/mol. The first-order chi connectivity index (χ1) is 9.10. The highest BCUT2D eigenvalue weighted by atomic mass is 32.2. The van der Waals surface area contributed by atoms with Gasteiger partial charge in [0.05, 0.1) is 29.6 Å². The Morgan fingerprint density at radius 3 is 3.05 bits per heavy atom. The Balaban J connectivity index is 2.18. The number of nitrogens with one attached hydrogen (secondary N) is 1. The fourth-order valence-electron chi connectivity index (χ4n) is 1.62. The lowest BCUT2D eigenvalue weighted by Crippen LogP contribution is -2.09. The zero-order valence-corrected chi connectivity index (χ0v) is 11.3. The first kappa shape index (κ1) is 13.5. The van der Waals surface area contributed by atoms with E-state index in [1.807, 2.05) is 12.1 Å². The number of benzene rings is 1. The van der Waals surface area contributed by atoms with Crippen molar-refractivity contribution >= 4 is 41.1 Å². The molecule has 0 radical (unpaired) electrons. The first-order valence-corrected chi connectivity index (χ1v) is 6.77. The molecular formula is C13H14N2O3S. The molecule has 0 atom stereocenters. The zero-order chi connectivity index (χ0) is 13.8. The number of carbonyl (C=O) groups excluding carboxylic acids is 1. The molecule has 0 amide bonds. The van der Waals surface area contributed by atoms with Crippen molar-refractivity contribution in [2.45, 2.75) is 0 Å². The van der Waals surface area contributed by atoms with Gasteiger partial charge >= 0.3 is 5.97 Å². The lowest BCUT2D eigenvalue weighted by molar-refractivity contribution is -0.137. The number of hydrogen-bond acceptors (Lipinski definition) is 5. The second-order valence-electron chi connectivity index (χ2n) is 3.93. The van der Waals surface area contributed by atoms with Gasteiger partial charge in [0, 0.05) is 5.22 Å². The number of ether oxygens (including phenoxy) is 1. The van der Waals surface area contributed by atoms with Crippen LogP contribution in [0.15, 0.2) is 18.2 Å². The van der Waals surface area contributed by atoms with Crippen LogP contribution in [0.1, 0.15) is 0 Å². The van der Waals surface area contributed by atoms with E-state index >= 15 is 0 Å². The van der Waals surface area contributed by atoms with Crippen LogP contribution in [0.3, 0.4) is 0 Å². The Hall–Kier alpha value is -1.95. The molecular weight excluding hydrogens is 264 g/mol. The molecule has 0 aliphatic rings. The number of hydrogen-bond donors (Lipinski definition) is 2. The summed E-state index contributed by atoms with van der Waals surface area (Å²) in [5.74, 6) is 0.488. The van der Waals surface area contributed by atoms with E-state index in [0.717, 1.165) is 11.0 Å². The number of aliphatic hydroxyl groups excluding tert-OH is 1. The van der Waals surface area contributed by atoms with Gasteiger partial charge in [0.1, 0.15) is 11.2 Å². The summed E-state index contributed by atoms with van der Waals surface area (Å²) >= 11 is 1.30. The van der Waals surface area contributed by atoms with Crippen LogP contribution >= 0.6 is 11.8 Å². The molecule has 0 aliphatic carbocycles. The molecule has 1 heterocycles. The number of aromatic nitrogens is 2. The Morgan fingerprint density at radius 1 is 1.53 bits per heavy atom. The van der Waals surface area contributed by atoms with Crippen LogP contribution < -0.4 is 10.7 Å². The van der Waals surface area contributed by atoms with Gasteiger partial charge < -0.3 is 14.8 Å². The molecule has 2 rings (SSSR count). The number of carbonyl (C=O) groups is 1. The van der Waals surface area contributed by atoms with Crippen molar-refractivity contribution in [3.8, 4) is 0 Å². The highest BCUT2D eigenvalue weighted by Gasteiger charge is 2.03. The summed E-state index contributed by atoms with van der Waals surface area (Å²) in [7, 11) is 1.34. The maximum absolute atomic E-state index is 11.0. The highest BCUT2D eigenvalue weighted by molar-refractivity contribution is 8.00. The van der Waals surface area contributed by atoms with Gasteiger partial charge in [-0.2, -0.15) is 0 Å². The SMILES string of the molecule is C=c1nc2cc/c(=C(/O)CSCC(=O)OC)cc2[nH]1. The van der Waals surface area contributed by atoms with Gasteiger partial charge in [-0.1, -0.05) is 6.58 Å². The number of aliphatic hydroxyl groups is 1. The van der Waals surface area contributed by atoms with E-state index < -0.39 is 0 Å². The summed E-state index contributed by atoms with van der Waals surface area (Å²) < 4.78 is 4.53. The molecule has 2 aromatic rings. The largest absolute Gasteiger partial charge is 0.511 e. The summed E-state index contributed by atoms with van der Waals surface area (Å²) in [5, 5.41) is 10.7. The van der Waals surface area contributed by atoms with E-state index in [1.165, 1.54) is 18.9 Å². The molecule has 1 aromatic heterocycles. The minimum absolute atomic E-state index is 0.218. The second-order valence-corrected chi connectivity index (χ2v) is 4.92. The summed E-state index contributed by atoms with van der Waals surface area (Å²) in [6, 6.07) is 5.42. The van der Waals surface area contributed by atoms with Gasteiger partial charge in [-0.05, 0) is 18.2 Å². The normalized spacial score (nSPS) is 12.5. The van der Waals surface area contributed by atoms with Gasteiger partial charge in [0.25, 0.3) is 0 Å². The van der Waals surface area contributed by atoms with Crippen LogP contribution in [0, 0.1) is 0 Å². The minimum atomic E-state index is -0.302. The van der Waals surface area contributed by atoms with Crippen molar-refractivity contribution in [3.05, 3.63) is 28.9 Å². The number of rotatable bonds is 4. The van der Waals surface area contributed by atoms with Gasteiger partial charge in [0.2, 0.25) is 0 Å². The number of imidazole rings is 1. The van der Waals surface area contributed by atoms with Crippen LogP contribution in [0.4, 0.5) is 0 Å². The van der Waals surface area contributed by atoms with E-state index in [4.69, 9.17) is 0 Å². The molecule has 1 aromatic carbocycles. The second kappa shape index (κ2) is 5.79. The molecule has 0 saturated carbocycles. The predicted octanol–water partition coefficient (Wildman–Crippen LogP) is 0.546. The molecule has 0 saturated heterocycles. The van der Waals surface area contributed by atoms with Crippen molar-refractivity contribution < 1.29 is 14.6 Å². The van der Waals surface area contributed by atoms with Crippen molar-refractivity contribution in [1.29, 1.82) is 0 Å². The van der Waals surface area contributed by atoms with Crippen molar-refractivity contribution in [2.75, 3.05) is 18.6 Å². The maximum atomic E-state index is 11.0. The first-order valence-electron chi connectivity index (χ1n) is 5.61. The van der Waals surface area contributed by atoms with Crippen molar-refractivity contribution in [2.24, 2.45) is 0 Å². The molecule has 0 aliphatic heterocycles. The quantitative estimate of drug-likeness (QED) is 0.799. The summed E-state index contributed by atoms with van der Waals surface area (Å²) in [5.41, 5.74) is 2.22. The molecule has 2 N–H and O–H groups in total. The van der Waals surface area contributed by atoms with E-state index in [9.17, 15) is 9.90 Å². The Morgan fingerprint density at radius 2 is 2.32 bits per heavy atom. The van der Waals surface area contributed by atoms with Gasteiger partial charge in [-0.15, -0.1) is 11.8 Å². The fourth-order valence-corrected chi connectivity index (χ4v) is 2.36. The van der Waals surface area contributed by atoms with Crippen molar-refractivity contribution in [3.63, 3.8) is 0 Å². The third-order valence-electron chi connectivity index (χ3n) is 2.55. The maximum Gasteiger partial charge on any atom is 0.315 e. The van der Waals surface area contributed by atoms with Gasteiger partial charge in [-0.3, -0.25) is 4.79 Å². The molecule has 0 spiro atoms. The molecule has 0 fully saturated rings. The van der Waals surface area contributed by atoms with Crippen molar-refractivity contribution in [1.82, 2.24) is 9.97 Å². The molecule has 6 heteroatoms. The summed E-state index contributed by atoms with van der Waals surface area (Å²) in [6.45, 7) is 3.72. The topological polar surface area (TPSA) is 75.2 Å². The molecule has 0 unspecified atom stereocenters. The zero-order valence-electron chi connectivity index (χ0n) is 10.5. The number of H-pyrrole nitrogens is 1. The van der Waals surface area contributed by atoms with Crippen LogP contribution in [0.2, 0.25) is 0 Å². The van der Waals surface area contributed by atoms with Crippen LogP contribution in [0.25, 0.3) is 23.4 Å². The lowest BCUT2D eigenvalue weighted by Gasteiger charge is -2.00. The third kappa shape index (κ3) is 3.29. The number of nitrogens with zero attached hydrogens (tertiary/aromatic N) is 1. The van der Waals surface area contributed by atoms with Gasteiger partial charge in [0.15, 0.2) is 0 Å². The standard InChI is InChI=1S/C13H14N2O3S/c1-8-14-10-4-3-9(5-11(10)15-8)12(16)6-19-7-13(17)18-2/h3-5,15-16H,1,6-7H2,2H3/b12-9-. The molecule has 5 nitrogen and oxygen atoms in total. The number of fused-ring (bicyclic) bond motifs is 1. The Bertz CT molecular complexity index is 708. The third-order valence-corrected chi connectivity index (χ3v) is 3.47. The molecule has 0 bridgehead atoms. The summed E-state index contributed by atoms with van der Waals surface area (Å²) in [6.07, 6.45) is 0. The van der Waals surface area contributed by atoms with E-state index in [0.29, 0.717) is 16.5 Å². The average Bonchev–Trinajstić information content (AvgIpc) is 2.77. The smallest absolute Gasteiger partial charge is 0.315 e. The number of thioether (sulfide) groups is 1. The Labute approximate surface area is 114 Å². The molecule has 100 valence electrons. The minimum Gasteiger partial charge on any atom is -0.511 e. The van der Waals surface area contributed by atoms with Crippen LogP contribution in [-0.2, 0) is 9.53 Å². The van der Waals surface area contributed by atoms with E-state index in [2.05, 4.69) is 21.3 Å². The highest BCUT2D eigenvalue weighted by Crippen LogP contribution is 2.07. The predicted molar refractivity (Wildman–Crippen MR) is 76.2 cm³/mol. The Kier molecular flexibility index (Phi) is 4.11. The van der Waals surface area contributed by atoms with Crippen LogP contribution in [-0.4, -0.2) is 39.7 Å². The lowest BCUT2D eigenvalue weighted by atomic mass is 10.2. The average molecular weight is 278 g/mol. The summed E-state index contributed by atoms with van der Waals surface area (Å²) in [4.78, 5) is 18.1. The molecule has 19 heavy (non-hydrogen) atoms. The number of aromatic amines is 1. The van der Waals surface area contributed by atoms with Gasteiger partial charge in [-0.25, -0.2) is 4.98 Å². The van der Waals surface area contributed by atoms with E-state index in [1.54, 1.807) is 6.07 Å². The fraction of sp³-hybridized carbons (Fsp3) is 0.231. The van der Waals surface area contributed by atoms with E-state index in [-0.39, 0.29) is 17.5 Å². The number of methoxy groups -OCH3 is 1. The van der Waals surface area contributed by atoms with Crippen LogP contribution in [0.5, 0.6) is 0 Å². The number of esters is 1.